The van der Waals surface area contributed by atoms with Crippen molar-refractivity contribution in [3.63, 3.8) is 0 Å². The summed E-state index contributed by atoms with van der Waals surface area (Å²) in [5.41, 5.74) is 1.17. The van der Waals surface area contributed by atoms with Crippen molar-refractivity contribution in [2.45, 2.75) is 13.3 Å². The fourth-order valence-corrected chi connectivity index (χ4v) is 3.50. The van der Waals surface area contributed by atoms with Gasteiger partial charge in [-0.2, -0.15) is 10.2 Å². The fourth-order valence-electron chi connectivity index (χ4n) is 2.76. The highest BCUT2D eigenvalue weighted by Crippen LogP contribution is 2.23. The molecule has 2 aromatic carbocycles. The quantitative estimate of drug-likeness (QED) is 0.350. The maximum Gasteiger partial charge on any atom is 0.277 e. The number of carbonyl (C=O) groups is 1. The molecule has 0 fully saturated rings. The number of ether oxygens (including phenoxy) is 1. The summed E-state index contributed by atoms with van der Waals surface area (Å²) < 4.78 is 9.49. The molecule has 7 nitrogen and oxygen atoms in total. The Hall–Kier alpha value is -2.81. The highest BCUT2D eigenvalue weighted by Gasteiger charge is 2.15. The predicted octanol–water partition coefficient (Wildman–Crippen LogP) is 5.49. The Morgan fingerprint density at radius 2 is 1.81 bits per heavy atom. The summed E-state index contributed by atoms with van der Waals surface area (Å²) in [6.07, 6.45) is 3.44. The summed E-state index contributed by atoms with van der Waals surface area (Å²) >= 11 is 15.5. The number of anilines is 1. The average molecular weight is 521 g/mol. The monoisotopic (exact) mass is 519 g/mol. The maximum absolute atomic E-state index is 12.6. The molecule has 0 saturated heterocycles. The Morgan fingerprint density at radius 1 is 1.03 bits per heavy atom. The predicted molar refractivity (Wildman–Crippen MR) is 123 cm³/mol. The SMILES string of the molecule is O=C(Nc1nn(Cc2ccccc2Cl)cc1Br)c1ccn(COc2ccc(Cl)cc2)n1. The van der Waals surface area contributed by atoms with E-state index in [9.17, 15) is 4.79 Å². The van der Waals surface area contributed by atoms with Crippen molar-refractivity contribution >= 4 is 50.9 Å². The number of aromatic nitrogens is 4. The van der Waals surface area contributed by atoms with Crippen LogP contribution in [0.25, 0.3) is 0 Å². The zero-order chi connectivity index (χ0) is 21.8. The number of rotatable bonds is 7. The number of amides is 1. The molecule has 0 saturated carbocycles. The number of carbonyl (C=O) groups excluding carboxylic acids is 1. The third-order valence-electron chi connectivity index (χ3n) is 4.29. The van der Waals surface area contributed by atoms with E-state index >= 15 is 0 Å². The lowest BCUT2D eigenvalue weighted by atomic mass is 10.2. The van der Waals surface area contributed by atoms with E-state index in [-0.39, 0.29) is 18.3 Å². The van der Waals surface area contributed by atoms with Crippen LogP contribution < -0.4 is 10.1 Å². The first-order valence-electron chi connectivity index (χ1n) is 9.17. The van der Waals surface area contributed by atoms with E-state index in [1.165, 1.54) is 4.68 Å². The average Bonchev–Trinajstić information content (AvgIpc) is 3.36. The van der Waals surface area contributed by atoms with E-state index in [4.69, 9.17) is 27.9 Å². The Bertz CT molecular complexity index is 1210. The molecule has 0 unspecified atom stereocenters. The standard InChI is InChI=1S/C21H16BrCl2N5O2/c22-17-12-29(11-14-3-1-2-4-18(14)24)27-20(17)25-21(30)19-9-10-28(26-19)13-31-16-7-5-15(23)6-8-16/h1-10,12H,11,13H2,(H,25,27,30). The van der Waals surface area contributed by atoms with Crippen molar-refractivity contribution in [3.05, 3.63) is 92.8 Å². The van der Waals surface area contributed by atoms with Gasteiger partial charge in [0.15, 0.2) is 18.2 Å². The molecule has 2 heterocycles. The number of nitrogens with zero attached hydrogens (tertiary/aromatic N) is 4. The van der Waals surface area contributed by atoms with Crippen molar-refractivity contribution in [1.29, 1.82) is 0 Å². The minimum atomic E-state index is -0.381. The molecule has 0 radical (unpaired) electrons. The lowest BCUT2D eigenvalue weighted by Crippen LogP contribution is -2.15. The third kappa shape index (κ3) is 5.46. The number of hydrogen-bond acceptors (Lipinski definition) is 4. The van der Waals surface area contributed by atoms with Gasteiger partial charge in [-0.1, -0.05) is 41.4 Å². The van der Waals surface area contributed by atoms with Crippen LogP contribution >= 0.6 is 39.1 Å². The first-order valence-corrected chi connectivity index (χ1v) is 10.7. The summed E-state index contributed by atoms with van der Waals surface area (Å²) in [4.78, 5) is 12.6. The molecule has 31 heavy (non-hydrogen) atoms. The van der Waals surface area contributed by atoms with Crippen molar-refractivity contribution in [3.8, 4) is 5.75 Å². The molecule has 0 bridgehead atoms. The molecule has 0 aliphatic heterocycles. The summed E-state index contributed by atoms with van der Waals surface area (Å²) in [6, 6.07) is 16.1. The first kappa shape index (κ1) is 21.4. The second-order valence-corrected chi connectivity index (χ2v) is 8.23. The fraction of sp³-hybridized carbons (Fsp3) is 0.0952. The van der Waals surface area contributed by atoms with Crippen molar-refractivity contribution in [1.82, 2.24) is 19.6 Å². The van der Waals surface area contributed by atoms with E-state index in [0.29, 0.717) is 32.6 Å². The maximum atomic E-state index is 12.6. The molecule has 0 atom stereocenters. The van der Waals surface area contributed by atoms with Gasteiger partial charge in [0.2, 0.25) is 0 Å². The van der Waals surface area contributed by atoms with Crippen LogP contribution in [0.1, 0.15) is 16.1 Å². The zero-order valence-corrected chi connectivity index (χ0v) is 19.1. The van der Waals surface area contributed by atoms with Gasteiger partial charge in [0.05, 0.1) is 11.0 Å². The number of benzene rings is 2. The molecule has 0 aliphatic rings. The first-order chi connectivity index (χ1) is 15.0. The normalized spacial score (nSPS) is 10.8. The van der Waals surface area contributed by atoms with E-state index in [2.05, 4.69) is 31.4 Å². The van der Waals surface area contributed by atoms with Crippen LogP contribution in [0.3, 0.4) is 0 Å². The molecular weight excluding hydrogens is 505 g/mol. The number of hydrogen-bond donors (Lipinski definition) is 1. The Labute approximate surface area is 196 Å². The summed E-state index contributed by atoms with van der Waals surface area (Å²) in [5, 5.41) is 12.7. The van der Waals surface area contributed by atoms with Crippen LogP contribution in [-0.4, -0.2) is 25.5 Å². The smallest absolute Gasteiger partial charge is 0.277 e. The summed E-state index contributed by atoms with van der Waals surface area (Å²) in [7, 11) is 0. The van der Waals surface area contributed by atoms with Gasteiger partial charge < -0.3 is 10.1 Å². The van der Waals surface area contributed by atoms with Gasteiger partial charge >= 0.3 is 0 Å². The van der Waals surface area contributed by atoms with Gasteiger partial charge in [-0.05, 0) is 57.9 Å². The molecule has 0 aliphatic carbocycles. The van der Waals surface area contributed by atoms with Gasteiger partial charge in [0, 0.05) is 22.4 Å². The van der Waals surface area contributed by atoms with Gasteiger partial charge in [-0.25, -0.2) is 4.68 Å². The lowest BCUT2D eigenvalue weighted by molar-refractivity contribution is 0.101. The van der Waals surface area contributed by atoms with Crippen molar-refractivity contribution in [2.75, 3.05) is 5.32 Å². The summed E-state index contributed by atoms with van der Waals surface area (Å²) in [6.45, 7) is 0.635. The van der Waals surface area contributed by atoms with Gasteiger partial charge in [0.25, 0.3) is 5.91 Å². The summed E-state index contributed by atoms with van der Waals surface area (Å²) in [5.74, 6) is 0.664. The molecule has 158 valence electrons. The molecule has 10 heteroatoms. The van der Waals surface area contributed by atoms with Crippen LogP contribution in [0.2, 0.25) is 10.0 Å². The lowest BCUT2D eigenvalue weighted by Gasteiger charge is -2.06. The van der Waals surface area contributed by atoms with Gasteiger partial charge in [-0.15, -0.1) is 0 Å². The van der Waals surface area contributed by atoms with Crippen molar-refractivity contribution in [2.24, 2.45) is 0 Å². The molecule has 2 aromatic heterocycles. The highest BCUT2D eigenvalue weighted by molar-refractivity contribution is 9.10. The van der Waals surface area contributed by atoms with E-state index in [0.717, 1.165) is 5.56 Å². The van der Waals surface area contributed by atoms with Gasteiger partial charge in [0.1, 0.15) is 5.75 Å². The molecule has 4 aromatic rings. The van der Waals surface area contributed by atoms with Gasteiger partial charge in [-0.3, -0.25) is 9.48 Å². The van der Waals surface area contributed by atoms with Crippen LogP contribution in [0.4, 0.5) is 5.82 Å². The van der Waals surface area contributed by atoms with Crippen LogP contribution in [0.5, 0.6) is 5.75 Å². The third-order valence-corrected chi connectivity index (χ3v) is 5.49. The zero-order valence-electron chi connectivity index (χ0n) is 16.0. The minimum Gasteiger partial charge on any atom is -0.471 e. The number of nitrogens with one attached hydrogen (secondary N) is 1. The van der Waals surface area contributed by atoms with Crippen molar-refractivity contribution < 1.29 is 9.53 Å². The largest absolute Gasteiger partial charge is 0.471 e. The molecule has 0 spiro atoms. The minimum absolute atomic E-state index is 0.158. The highest BCUT2D eigenvalue weighted by atomic mass is 79.9. The van der Waals surface area contributed by atoms with E-state index in [1.54, 1.807) is 47.4 Å². The molecular formula is C21H16BrCl2N5O2. The second-order valence-electron chi connectivity index (χ2n) is 6.54. The Balaban J connectivity index is 1.38. The van der Waals surface area contributed by atoms with Crippen LogP contribution in [-0.2, 0) is 13.3 Å². The number of halogens is 3. The van der Waals surface area contributed by atoms with E-state index < -0.39 is 0 Å². The molecule has 4 rings (SSSR count). The topological polar surface area (TPSA) is 74.0 Å². The molecule has 1 amide bonds. The Kier molecular flexibility index (Phi) is 6.60. The van der Waals surface area contributed by atoms with Crippen LogP contribution in [0, 0.1) is 0 Å². The second kappa shape index (κ2) is 9.55. The molecule has 1 N–H and O–H groups in total. The van der Waals surface area contributed by atoms with E-state index in [1.807, 2.05) is 24.3 Å². The Morgan fingerprint density at radius 3 is 2.58 bits per heavy atom. The van der Waals surface area contributed by atoms with Crippen LogP contribution in [0.15, 0.2) is 71.5 Å².